The van der Waals surface area contributed by atoms with Crippen LogP contribution in [0.5, 0.6) is 0 Å². The molecule has 20 aromatic rings. The molecular weight excluding hydrogens is 1830 g/mol. The number of piperidine rings is 3. The number of hydrogen-bond donors (Lipinski definition) is 1. The zero-order chi connectivity index (χ0) is 101. The van der Waals surface area contributed by atoms with Gasteiger partial charge >= 0.3 is 0 Å². The molecule has 4 saturated heterocycles. The number of fused-ring (bicyclic) bond motifs is 10. The number of imidazole rings is 1. The van der Waals surface area contributed by atoms with Crippen LogP contribution in [0, 0.1) is 27.7 Å². The lowest BCUT2D eigenvalue weighted by Gasteiger charge is -2.43. The molecule has 0 aliphatic carbocycles. The van der Waals surface area contributed by atoms with Gasteiger partial charge in [-0.2, -0.15) is 20.4 Å². The second kappa shape index (κ2) is 40.5. The topological polar surface area (TPSA) is 340 Å². The van der Waals surface area contributed by atoms with Crippen molar-refractivity contribution in [1.29, 1.82) is 0 Å². The third kappa shape index (κ3) is 20.3. The fourth-order valence-corrected chi connectivity index (χ4v) is 20.9. The minimum atomic E-state index is -0.103. The molecule has 22 heterocycles. The van der Waals surface area contributed by atoms with Gasteiger partial charge < -0.3 is 24.4 Å². The largest absolute Gasteiger partial charge is 0.367 e. The van der Waals surface area contributed by atoms with Gasteiger partial charge in [-0.3, -0.25) is 89.8 Å². The molecule has 25 rings (SSSR count). The first-order chi connectivity index (χ1) is 70.5. The number of nitrogens with zero attached hydrogens (tertiary/aromatic N) is 29. The Hall–Kier alpha value is -15.7. The Morgan fingerprint density at radius 2 is 0.863 bits per heavy atom. The monoisotopic (exact) mass is 1950 g/mol. The quantitative estimate of drug-likeness (QED) is 0.119. The van der Waals surface area contributed by atoms with Crippen molar-refractivity contribution < 1.29 is 0 Å². The molecule has 0 radical (unpaired) electrons. The Bertz CT molecular complexity index is 8760. The summed E-state index contributed by atoms with van der Waals surface area (Å²) in [4.78, 5) is 123. The molecule has 17 aromatic heterocycles. The molecule has 35 heteroatoms. The van der Waals surface area contributed by atoms with E-state index in [4.69, 9.17) is 15.0 Å². The van der Waals surface area contributed by atoms with Crippen molar-refractivity contribution in [2.24, 2.45) is 21.1 Å². The lowest BCUT2D eigenvalue weighted by atomic mass is 9.94. The Labute approximate surface area is 841 Å². The second-order valence-electron chi connectivity index (χ2n) is 40.0. The molecule has 2 atom stereocenters. The van der Waals surface area contributed by atoms with Crippen LogP contribution in [0.4, 0.5) is 5.69 Å². The van der Waals surface area contributed by atoms with Gasteiger partial charge in [-0.25, -0.2) is 34.4 Å². The van der Waals surface area contributed by atoms with E-state index in [2.05, 4.69) is 152 Å². The standard InChI is InChI=1S/C24H29N7O.C24H25N5O.C22H24N6O.C21H22N6O.C20H20N6O/c1-14-7-19(29-11-16(3)28(6)17(4)12-29)13-30-23(32)9-20(26-24(14)30)21-8-22-18(5)25-15(2)10-31(22)27-21;1-16(2)27-10-8-18(9-11-27)19-4-7-23-26-21(12-24(30)29(23)15-19)20-5-6-22-25-17(3)13-28(22)14-20;1-3-27-8-6-15(7-9-27)20-14-28-21(12-23-20)24-19(11-22(28)29)16-4-5-18-17(10-16)13-26(2)25-18;1-25-7-5-14(6-8-25)19-13-27-20(11-22-19)23-18(10-21(27)28)15-3-4-17-16(9-15)12-26(2)24-17;1-25-11-15-8-14(2-3-16(15)24-25)17-9-20(27)26-12-18(22-10-19(26)23-17)13-4-6-21-7-5-13/h7-10,13,16-17H,11-12H2,1-6H3;4-8,12-16H,9-11H2,1-3H3;4-5,10-15H,3,6-9H2,1-2H3;3-4,9-14H,5-8H2,1-2H3;2-3,8-13,21H,4-7H2,1H3/t16-,17+;;;;. The lowest BCUT2D eigenvalue weighted by molar-refractivity contribution is 0.170. The molecule has 4 fully saturated rings. The van der Waals surface area contributed by atoms with Crippen LogP contribution in [-0.4, -0.2) is 239 Å². The van der Waals surface area contributed by atoms with E-state index in [0.29, 0.717) is 98.3 Å². The first kappa shape index (κ1) is 96.4. The van der Waals surface area contributed by atoms with Gasteiger partial charge in [-0.05, 0) is 250 Å². The first-order valence-electron chi connectivity index (χ1n) is 50.4. The van der Waals surface area contributed by atoms with Crippen LogP contribution in [0.15, 0.2) is 238 Å². The van der Waals surface area contributed by atoms with Gasteiger partial charge in [0.05, 0.1) is 115 Å². The number of nitrogens with one attached hydrogen (secondary N) is 1. The van der Waals surface area contributed by atoms with E-state index in [1.807, 2.05) is 205 Å². The summed E-state index contributed by atoms with van der Waals surface area (Å²) in [6.07, 6.45) is 36.0. The summed E-state index contributed by atoms with van der Waals surface area (Å²) in [6.45, 7) is 30.2. The van der Waals surface area contributed by atoms with Crippen molar-refractivity contribution in [3.8, 4) is 56.4 Å². The SMILES string of the molecule is CCN1CCC(c2cn3c(=O)cc(-c4ccc5nn(C)cc5c4)nc3cn2)CC1.CN1CCC(c2cn3c(=O)cc(-c4ccc5nn(C)cc5c4)nc3cn2)CC1.Cc1cn2cc(-c3cc(=O)n4cc(C5=CCN(C(C)C)CC5)ccc4n3)ccc2n1.Cc1cn2nc(-c3cc(=O)n4cc(N5C[C@@H](C)N(C)[C@@H](C)C5)cc(C)c4n3)cc2c(C)n1.Cn1cc2cc(-c3cc(=O)n4cc(C5CCNCC5)ncc4n3)ccc2n1. The third-order valence-electron chi connectivity index (χ3n) is 29.3. The first-order valence-corrected chi connectivity index (χ1v) is 50.4. The summed E-state index contributed by atoms with van der Waals surface area (Å²) in [6, 6.07) is 39.2. The maximum Gasteiger partial charge on any atom is 0.258 e. The summed E-state index contributed by atoms with van der Waals surface area (Å²) in [5.74, 6) is 1.21. The predicted octanol–water partition coefficient (Wildman–Crippen LogP) is 14.1. The maximum absolute atomic E-state index is 13.1. The number of rotatable bonds is 12. The number of benzene rings is 3. The maximum atomic E-state index is 13.1. The van der Waals surface area contributed by atoms with Crippen LogP contribution in [-0.2, 0) is 21.1 Å². The Kier molecular flexibility index (Phi) is 26.7. The molecule has 1 N–H and O–H groups in total. The fourth-order valence-electron chi connectivity index (χ4n) is 20.9. The van der Waals surface area contributed by atoms with Crippen molar-refractivity contribution in [2.45, 2.75) is 143 Å². The molecule has 5 aliphatic heterocycles. The normalized spacial score (nSPS) is 16.7. The summed E-state index contributed by atoms with van der Waals surface area (Å²) in [7, 11) is 10.0. The van der Waals surface area contributed by atoms with Gasteiger partial charge in [-0.1, -0.05) is 31.2 Å². The average Bonchev–Trinajstić information content (AvgIpc) is 1.42. The van der Waals surface area contributed by atoms with Gasteiger partial charge in [0.1, 0.15) is 22.6 Å². The van der Waals surface area contributed by atoms with Gasteiger partial charge in [-0.15, -0.1) is 0 Å². The molecule has 35 nitrogen and oxygen atoms in total. The number of likely N-dealkylation sites (N-methyl/N-ethyl adjacent to an activating group) is 1. The van der Waals surface area contributed by atoms with Crippen LogP contribution in [0.25, 0.3) is 134 Å². The fraction of sp³-hybridized carbons (Fsp3) is 0.342. The third-order valence-corrected chi connectivity index (χ3v) is 29.3. The Balaban J connectivity index is 0.000000107. The van der Waals surface area contributed by atoms with Crippen LogP contribution in [0.2, 0.25) is 0 Å². The Morgan fingerprint density at radius 1 is 0.404 bits per heavy atom. The number of hydrogen-bond acceptors (Lipinski definition) is 25. The number of anilines is 1. The summed E-state index contributed by atoms with van der Waals surface area (Å²) >= 11 is 0. The highest BCUT2D eigenvalue weighted by Gasteiger charge is 2.30. The molecule has 5 aliphatic rings. The zero-order valence-corrected chi connectivity index (χ0v) is 84.9. The second-order valence-corrected chi connectivity index (χ2v) is 40.0. The van der Waals surface area contributed by atoms with Gasteiger partial charge in [0, 0.05) is 214 Å². The molecule has 146 heavy (non-hydrogen) atoms. The highest BCUT2D eigenvalue weighted by atomic mass is 16.1. The van der Waals surface area contributed by atoms with Crippen molar-refractivity contribution in [3.05, 3.63) is 311 Å². The van der Waals surface area contributed by atoms with Crippen molar-refractivity contribution in [1.82, 2.24) is 140 Å². The highest BCUT2D eigenvalue weighted by Crippen LogP contribution is 2.35. The van der Waals surface area contributed by atoms with E-state index >= 15 is 0 Å². The number of likely N-dealkylation sites (tertiary alicyclic amines) is 2. The zero-order valence-electron chi connectivity index (χ0n) is 84.9. The van der Waals surface area contributed by atoms with Crippen molar-refractivity contribution in [3.63, 3.8) is 0 Å². The predicted molar refractivity (Wildman–Crippen MR) is 572 cm³/mol. The van der Waals surface area contributed by atoms with Crippen LogP contribution < -0.4 is 38.0 Å². The summed E-state index contributed by atoms with van der Waals surface area (Å²) < 4.78 is 17.3. The van der Waals surface area contributed by atoms with Crippen molar-refractivity contribution in [2.75, 3.05) is 91.0 Å². The number of aryl methyl sites for hydroxylation is 7. The van der Waals surface area contributed by atoms with Gasteiger partial charge in [0.15, 0.2) is 16.9 Å². The molecule has 0 unspecified atom stereocenters. The minimum Gasteiger partial charge on any atom is -0.367 e. The smallest absolute Gasteiger partial charge is 0.258 e. The van der Waals surface area contributed by atoms with Gasteiger partial charge in [0.2, 0.25) is 0 Å². The summed E-state index contributed by atoms with van der Waals surface area (Å²) in [5.41, 5.74) is 24.8. The van der Waals surface area contributed by atoms with E-state index < -0.39 is 0 Å². The number of piperazine rings is 1. The van der Waals surface area contributed by atoms with Crippen molar-refractivity contribution >= 4 is 83.4 Å². The van der Waals surface area contributed by atoms with E-state index in [9.17, 15) is 24.0 Å². The lowest BCUT2D eigenvalue weighted by Crippen LogP contribution is -2.55. The van der Waals surface area contributed by atoms with Crippen LogP contribution in [0.3, 0.4) is 0 Å². The van der Waals surface area contributed by atoms with E-state index in [0.717, 1.165) is 234 Å². The molecule has 0 bridgehead atoms. The summed E-state index contributed by atoms with van der Waals surface area (Å²) in [5, 5.41) is 24.3. The molecule has 744 valence electrons. The molecule has 0 spiro atoms. The molecule has 0 saturated carbocycles. The minimum absolute atomic E-state index is 0.0704. The van der Waals surface area contributed by atoms with Gasteiger partial charge in [0.25, 0.3) is 27.8 Å². The number of pyridine rings is 3. The number of aromatic nitrogens is 24. The van der Waals surface area contributed by atoms with E-state index in [1.54, 1.807) is 85.0 Å². The van der Waals surface area contributed by atoms with Crippen LogP contribution >= 0.6 is 0 Å². The van der Waals surface area contributed by atoms with Crippen LogP contribution in [0.1, 0.15) is 143 Å². The molecular formula is C111H120N30O5. The van der Waals surface area contributed by atoms with E-state index in [-0.39, 0.29) is 27.8 Å². The van der Waals surface area contributed by atoms with E-state index in [1.165, 1.54) is 5.57 Å². The Morgan fingerprint density at radius 3 is 1.37 bits per heavy atom. The average molecular weight is 1950 g/mol. The molecule has 3 aromatic carbocycles. The highest BCUT2D eigenvalue weighted by molar-refractivity contribution is 5.86. The molecule has 0 amide bonds.